The normalized spacial score (nSPS) is 11.1. The maximum atomic E-state index is 13.5. The van der Waals surface area contributed by atoms with Crippen molar-refractivity contribution in [3.05, 3.63) is 107 Å². The molecule has 0 aliphatic heterocycles. The first-order valence-electron chi connectivity index (χ1n) is 11.1. The zero-order valence-electron chi connectivity index (χ0n) is 19.4. The van der Waals surface area contributed by atoms with Gasteiger partial charge in [-0.3, -0.25) is 0 Å². The molecule has 34 heavy (non-hydrogen) atoms. The van der Waals surface area contributed by atoms with Crippen LogP contribution in [0.2, 0.25) is 0 Å². The number of nitrogens with zero attached hydrogens (tertiary/aromatic N) is 2. The van der Waals surface area contributed by atoms with E-state index >= 15 is 0 Å². The number of hydrogen-bond acceptors (Lipinski definition) is 3. The zero-order valence-corrected chi connectivity index (χ0v) is 19.4. The summed E-state index contributed by atoms with van der Waals surface area (Å²) in [4.78, 5) is 4.99. The molecular formula is C29H25FN2O2. The fourth-order valence-corrected chi connectivity index (χ4v) is 4.31. The summed E-state index contributed by atoms with van der Waals surface area (Å²) in [5, 5.41) is 0. The van der Waals surface area contributed by atoms with Crippen LogP contribution in [-0.4, -0.2) is 16.7 Å². The van der Waals surface area contributed by atoms with E-state index in [2.05, 4.69) is 24.5 Å². The fraction of sp³-hybridized carbons (Fsp3) is 0.138. The molecule has 4 nitrogen and oxygen atoms in total. The van der Waals surface area contributed by atoms with Crippen LogP contribution in [0.5, 0.6) is 17.2 Å². The van der Waals surface area contributed by atoms with Gasteiger partial charge in [-0.15, -0.1) is 0 Å². The first-order chi connectivity index (χ1) is 16.5. The number of fused-ring (bicyclic) bond motifs is 1. The van der Waals surface area contributed by atoms with Gasteiger partial charge in [0.2, 0.25) is 0 Å². The number of methoxy groups -OCH3 is 1. The maximum absolute atomic E-state index is 13.5. The van der Waals surface area contributed by atoms with Crippen molar-refractivity contribution < 1.29 is 13.9 Å². The molecule has 4 aromatic carbocycles. The summed E-state index contributed by atoms with van der Waals surface area (Å²) >= 11 is 0. The number of rotatable bonds is 6. The van der Waals surface area contributed by atoms with Gasteiger partial charge in [0.1, 0.15) is 28.9 Å². The second-order valence-corrected chi connectivity index (χ2v) is 8.35. The molecule has 0 fully saturated rings. The van der Waals surface area contributed by atoms with Gasteiger partial charge in [0.15, 0.2) is 0 Å². The third-order valence-electron chi connectivity index (χ3n) is 5.93. The Morgan fingerprint density at radius 1 is 0.794 bits per heavy atom. The van der Waals surface area contributed by atoms with Crippen LogP contribution in [-0.2, 0) is 6.54 Å². The zero-order chi connectivity index (χ0) is 23.7. The molecule has 0 bridgehead atoms. The highest BCUT2D eigenvalue weighted by Gasteiger charge is 2.18. The van der Waals surface area contributed by atoms with Gasteiger partial charge in [0.05, 0.1) is 18.1 Å². The van der Waals surface area contributed by atoms with Crippen molar-refractivity contribution in [1.82, 2.24) is 9.55 Å². The van der Waals surface area contributed by atoms with Crippen molar-refractivity contribution in [3.63, 3.8) is 0 Å². The summed E-state index contributed by atoms with van der Waals surface area (Å²) in [6.07, 6.45) is 0. The predicted molar refractivity (Wildman–Crippen MR) is 133 cm³/mol. The van der Waals surface area contributed by atoms with Crippen LogP contribution in [0.3, 0.4) is 0 Å². The van der Waals surface area contributed by atoms with Crippen molar-refractivity contribution in [1.29, 1.82) is 0 Å². The van der Waals surface area contributed by atoms with Crippen molar-refractivity contribution in [2.75, 3.05) is 7.11 Å². The van der Waals surface area contributed by atoms with Gasteiger partial charge < -0.3 is 14.0 Å². The summed E-state index contributed by atoms with van der Waals surface area (Å²) in [5.41, 5.74) is 6.19. The van der Waals surface area contributed by atoms with Gasteiger partial charge in [0.25, 0.3) is 0 Å². The number of halogens is 1. The van der Waals surface area contributed by atoms with Crippen LogP contribution in [0.1, 0.15) is 16.7 Å². The molecule has 0 N–H and O–H groups in total. The van der Waals surface area contributed by atoms with Gasteiger partial charge >= 0.3 is 0 Å². The largest absolute Gasteiger partial charge is 0.497 e. The monoisotopic (exact) mass is 452 g/mol. The van der Waals surface area contributed by atoms with E-state index in [9.17, 15) is 4.39 Å². The topological polar surface area (TPSA) is 36.3 Å². The molecule has 170 valence electrons. The fourth-order valence-electron chi connectivity index (χ4n) is 4.31. The molecule has 0 unspecified atom stereocenters. The van der Waals surface area contributed by atoms with Crippen LogP contribution in [0.25, 0.3) is 22.4 Å². The van der Waals surface area contributed by atoms with Crippen LogP contribution < -0.4 is 9.47 Å². The van der Waals surface area contributed by atoms with E-state index < -0.39 is 0 Å². The van der Waals surface area contributed by atoms with Crippen molar-refractivity contribution in [3.8, 4) is 28.6 Å². The lowest BCUT2D eigenvalue weighted by Gasteiger charge is -2.16. The van der Waals surface area contributed by atoms with Gasteiger partial charge in [-0.1, -0.05) is 24.3 Å². The number of hydrogen-bond donors (Lipinski definition) is 0. The third kappa shape index (κ3) is 4.25. The lowest BCUT2D eigenvalue weighted by atomic mass is 10.0. The SMILES string of the molecule is COc1ccc(Oc2cc(C)c(-c3nc4ccccc4n3Cc3ccc(F)cc3)c(C)c2)cc1. The van der Waals surface area contributed by atoms with Gasteiger partial charge in [-0.05, 0) is 91.2 Å². The van der Waals surface area contributed by atoms with Crippen LogP contribution in [0.4, 0.5) is 4.39 Å². The Morgan fingerprint density at radius 3 is 2.12 bits per heavy atom. The molecule has 0 atom stereocenters. The summed E-state index contributed by atoms with van der Waals surface area (Å²) < 4.78 is 27.0. The number of para-hydroxylation sites is 2. The highest BCUT2D eigenvalue weighted by molar-refractivity contribution is 5.82. The first kappa shape index (κ1) is 21.7. The Kier molecular flexibility index (Phi) is 5.76. The molecule has 5 heteroatoms. The molecule has 5 rings (SSSR count). The third-order valence-corrected chi connectivity index (χ3v) is 5.93. The summed E-state index contributed by atoms with van der Waals surface area (Å²) in [7, 11) is 1.64. The quantitative estimate of drug-likeness (QED) is 0.271. The molecule has 0 radical (unpaired) electrons. The molecule has 0 saturated heterocycles. The van der Waals surface area contributed by atoms with Crippen LogP contribution in [0, 0.1) is 19.7 Å². The van der Waals surface area contributed by atoms with Crippen LogP contribution >= 0.6 is 0 Å². The number of aryl methyl sites for hydroxylation is 2. The standard InChI is InChI=1S/C29H25FN2O2/c1-19-16-25(34-24-14-12-23(33-3)13-15-24)17-20(2)28(19)29-31-26-6-4-5-7-27(26)32(29)18-21-8-10-22(30)11-9-21/h4-17H,18H2,1-3H3. The molecule has 0 spiro atoms. The lowest BCUT2D eigenvalue weighted by Crippen LogP contribution is -2.04. The number of imidazole rings is 1. The maximum Gasteiger partial charge on any atom is 0.141 e. The Hall–Kier alpha value is -4.12. The average molecular weight is 453 g/mol. The summed E-state index contributed by atoms with van der Waals surface area (Å²) in [5.74, 6) is 2.95. The smallest absolute Gasteiger partial charge is 0.141 e. The molecule has 5 aromatic rings. The Morgan fingerprint density at radius 2 is 1.44 bits per heavy atom. The highest BCUT2D eigenvalue weighted by atomic mass is 19.1. The van der Waals surface area contributed by atoms with Gasteiger partial charge in [-0.2, -0.15) is 0 Å². The number of aromatic nitrogens is 2. The molecule has 1 heterocycles. The number of benzene rings is 4. The van der Waals surface area contributed by atoms with E-state index in [0.717, 1.165) is 56.4 Å². The second-order valence-electron chi connectivity index (χ2n) is 8.35. The second kappa shape index (κ2) is 9.02. The molecule has 0 aliphatic carbocycles. The minimum atomic E-state index is -0.237. The Bertz CT molecular complexity index is 1430. The Labute approximate surface area is 198 Å². The minimum Gasteiger partial charge on any atom is -0.497 e. The molecule has 0 aliphatic rings. The van der Waals surface area contributed by atoms with Gasteiger partial charge in [-0.25, -0.2) is 9.37 Å². The highest BCUT2D eigenvalue weighted by Crippen LogP contribution is 2.35. The molecule has 1 aromatic heterocycles. The van der Waals surface area contributed by atoms with E-state index in [1.165, 1.54) is 12.1 Å². The average Bonchev–Trinajstić information content (AvgIpc) is 3.18. The number of ether oxygens (including phenoxy) is 2. The predicted octanol–water partition coefficient (Wildman–Crippen LogP) is 7.31. The summed E-state index contributed by atoms with van der Waals surface area (Å²) in [6, 6.07) is 26.3. The minimum absolute atomic E-state index is 0.237. The van der Waals surface area contributed by atoms with Gasteiger partial charge in [0, 0.05) is 12.1 Å². The van der Waals surface area contributed by atoms with E-state index in [1.54, 1.807) is 7.11 Å². The Balaban J connectivity index is 1.55. The van der Waals surface area contributed by atoms with E-state index in [0.29, 0.717) is 6.54 Å². The molecule has 0 saturated carbocycles. The molecular weight excluding hydrogens is 427 g/mol. The first-order valence-corrected chi connectivity index (χ1v) is 11.1. The van der Waals surface area contributed by atoms with Crippen LogP contribution in [0.15, 0.2) is 84.9 Å². The van der Waals surface area contributed by atoms with Crippen molar-refractivity contribution >= 4 is 11.0 Å². The summed E-state index contributed by atoms with van der Waals surface area (Å²) in [6.45, 7) is 4.74. The van der Waals surface area contributed by atoms with E-state index in [4.69, 9.17) is 14.5 Å². The van der Waals surface area contributed by atoms with E-state index in [-0.39, 0.29) is 5.82 Å². The lowest BCUT2D eigenvalue weighted by molar-refractivity contribution is 0.413. The van der Waals surface area contributed by atoms with Crippen molar-refractivity contribution in [2.45, 2.75) is 20.4 Å². The molecule has 0 amide bonds. The van der Waals surface area contributed by atoms with E-state index in [1.807, 2.05) is 66.7 Å². The van der Waals surface area contributed by atoms with Crippen molar-refractivity contribution in [2.24, 2.45) is 0 Å².